The molecule has 1 aromatic rings. The first-order valence-corrected chi connectivity index (χ1v) is 3.21. The fourth-order valence-electron chi connectivity index (χ4n) is 1.21. The van der Waals surface area contributed by atoms with Crippen LogP contribution in [-0.4, -0.2) is 4.98 Å². The van der Waals surface area contributed by atoms with Crippen LogP contribution in [0, 0.1) is 6.42 Å². The largest absolute Gasteiger partial charge is 0.261 e. The molecule has 9 heavy (non-hydrogen) atoms. The van der Waals surface area contributed by atoms with E-state index in [-0.39, 0.29) is 0 Å². The van der Waals surface area contributed by atoms with Gasteiger partial charge in [0.2, 0.25) is 0 Å². The van der Waals surface area contributed by atoms with Crippen LogP contribution >= 0.6 is 0 Å². The molecule has 0 aromatic carbocycles. The van der Waals surface area contributed by atoms with E-state index in [4.69, 9.17) is 0 Å². The predicted octanol–water partition coefficient (Wildman–Crippen LogP) is 1.38. The van der Waals surface area contributed by atoms with E-state index < -0.39 is 0 Å². The minimum Gasteiger partial charge on any atom is -0.261 e. The first-order valence-electron chi connectivity index (χ1n) is 3.21. The second kappa shape index (κ2) is 1.83. The van der Waals surface area contributed by atoms with Gasteiger partial charge >= 0.3 is 0 Å². The predicted molar refractivity (Wildman–Crippen MR) is 35.9 cm³/mol. The van der Waals surface area contributed by atoms with Gasteiger partial charge in [0.25, 0.3) is 0 Å². The molecule has 0 spiro atoms. The van der Waals surface area contributed by atoms with Crippen molar-refractivity contribution in [1.29, 1.82) is 0 Å². The molecule has 1 heterocycles. The Morgan fingerprint density at radius 3 is 3.22 bits per heavy atom. The lowest BCUT2D eigenvalue weighted by Gasteiger charge is -1.92. The van der Waals surface area contributed by atoms with E-state index in [0.29, 0.717) is 0 Å². The zero-order valence-corrected chi connectivity index (χ0v) is 5.17. The molecule has 1 aliphatic carbocycles. The first kappa shape index (κ1) is 4.98. The molecule has 0 saturated heterocycles. The van der Waals surface area contributed by atoms with Crippen molar-refractivity contribution in [3.05, 3.63) is 36.0 Å². The lowest BCUT2D eigenvalue weighted by atomic mass is 10.2. The third-order valence-electron chi connectivity index (χ3n) is 1.69. The smallest absolute Gasteiger partial charge is 0.0438 e. The second-order valence-electron chi connectivity index (χ2n) is 2.31. The summed E-state index contributed by atoms with van der Waals surface area (Å²) in [6, 6.07) is 4.14. The Morgan fingerprint density at radius 2 is 2.33 bits per heavy atom. The summed E-state index contributed by atoms with van der Waals surface area (Å²) in [5.41, 5.74) is 2.66. The van der Waals surface area contributed by atoms with Gasteiger partial charge in [0.05, 0.1) is 0 Å². The fraction of sp³-hybridized carbons (Fsp3) is 0.250. The first-order chi connectivity index (χ1) is 4.47. The van der Waals surface area contributed by atoms with Crippen LogP contribution in [0.15, 0.2) is 18.3 Å². The van der Waals surface area contributed by atoms with Crippen molar-refractivity contribution in [3.8, 4) is 0 Å². The number of pyridine rings is 1. The molecule has 0 saturated carbocycles. The lowest BCUT2D eigenvalue weighted by Crippen LogP contribution is -1.83. The normalized spacial score (nSPS) is 15.6. The molecule has 0 fully saturated rings. The van der Waals surface area contributed by atoms with Crippen molar-refractivity contribution >= 4 is 0 Å². The van der Waals surface area contributed by atoms with E-state index in [1.54, 1.807) is 0 Å². The van der Waals surface area contributed by atoms with Gasteiger partial charge in [0, 0.05) is 11.9 Å². The highest BCUT2D eigenvalue weighted by Crippen LogP contribution is 2.16. The summed E-state index contributed by atoms with van der Waals surface area (Å²) < 4.78 is 0. The minimum atomic E-state index is 1.07. The monoisotopic (exact) mass is 118 g/mol. The molecular formula is C8H8N. The molecule has 45 valence electrons. The molecule has 0 unspecified atom stereocenters. The number of hydrogen-bond donors (Lipinski definition) is 0. The molecule has 0 amide bonds. The molecule has 0 N–H and O–H groups in total. The number of rotatable bonds is 0. The van der Waals surface area contributed by atoms with Gasteiger partial charge < -0.3 is 0 Å². The van der Waals surface area contributed by atoms with Gasteiger partial charge in [-0.1, -0.05) is 6.07 Å². The van der Waals surface area contributed by atoms with Gasteiger partial charge in [0.15, 0.2) is 0 Å². The average Bonchev–Trinajstić information content (AvgIpc) is 2.33. The van der Waals surface area contributed by atoms with E-state index in [1.807, 2.05) is 12.3 Å². The van der Waals surface area contributed by atoms with Gasteiger partial charge in [-0.2, -0.15) is 0 Å². The van der Waals surface area contributed by atoms with Crippen LogP contribution in [0.1, 0.15) is 11.3 Å². The molecular weight excluding hydrogens is 110 g/mol. The molecule has 1 radical (unpaired) electrons. The quantitative estimate of drug-likeness (QED) is 0.501. The highest BCUT2D eigenvalue weighted by molar-refractivity contribution is 5.27. The Balaban J connectivity index is 2.54. The number of nitrogens with zero attached hydrogens (tertiary/aromatic N) is 1. The summed E-state index contributed by atoms with van der Waals surface area (Å²) in [6.45, 7) is 0. The lowest BCUT2D eigenvalue weighted by molar-refractivity contribution is 1.11. The zero-order chi connectivity index (χ0) is 6.10. The van der Waals surface area contributed by atoms with Gasteiger partial charge in [-0.25, -0.2) is 0 Å². The van der Waals surface area contributed by atoms with Crippen molar-refractivity contribution in [2.75, 3.05) is 0 Å². The van der Waals surface area contributed by atoms with Crippen LogP contribution in [0.5, 0.6) is 0 Å². The van der Waals surface area contributed by atoms with Crippen LogP contribution in [0.4, 0.5) is 0 Å². The Morgan fingerprint density at radius 1 is 1.33 bits per heavy atom. The molecule has 0 bridgehead atoms. The van der Waals surface area contributed by atoms with Crippen LogP contribution in [-0.2, 0) is 12.8 Å². The van der Waals surface area contributed by atoms with E-state index in [0.717, 1.165) is 12.8 Å². The van der Waals surface area contributed by atoms with Crippen molar-refractivity contribution in [3.63, 3.8) is 0 Å². The van der Waals surface area contributed by atoms with Gasteiger partial charge in [-0.3, -0.25) is 4.98 Å². The maximum Gasteiger partial charge on any atom is 0.0438 e. The van der Waals surface area contributed by atoms with Crippen LogP contribution in [0.25, 0.3) is 0 Å². The summed E-state index contributed by atoms with van der Waals surface area (Å²) in [4.78, 5) is 4.23. The number of aromatic nitrogens is 1. The Kier molecular flexibility index (Phi) is 1.01. The summed E-state index contributed by atoms with van der Waals surface area (Å²) in [6.07, 6.45) is 6.30. The third-order valence-corrected chi connectivity index (χ3v) is 1.69. The van der Waals surface area contributed by atoms with Gasteiger partial charge in [-0.05, 0) is 30.9 Å². The zero-order valence-electron chi connectivity index (χ0n) is 5.17. The molecule has 1 heteroatoms. The van der Waals surface area contributed by atoms with Crippen LogP contribution in [0.2, 0.25) is 0 Å². The van der Waals surface area contributed by atoms with E-state index in [1.165, 1.54) is 11.3 Å². The van der Waals surface area contributed by atoms with Gasteiger partial charge in [-0.15, -0.1) is 0 Å². The molecule has 1 aromatic heterocycles. The topological polar surface area (TPSA) is 12.9 Å². The maximum atomic E-state index is 4.23. The number of hydrogen-bond acceptors (Lipinski definition) is 1. The van der Waals surface area contributed by atoms with E-state index in [9.17, 15) is 0 Å². The van der Waals surface area contributed by atoms with Crippen molar-refractivity contribution < 1.29 is 0 Å². The van der Waals surface area contributed by atoms with Crippen molar-refractivity contribution in [2.24, 2.45) is 0 Å². The standard InChI is InChI=1S/C8H8N/c1-3-7-4-2-6-9-8(7)5-1/h1-2,4,6H,3,5H2. The van der Waals surface area contributed by atoms with Crippen LogP contribution in [0.3, 0.4) is 0 Å². The molecule has 1 aliphatic rings. The fourth-order valence-corrected chi connectivity index (χ4v) is 1.21. The SMILES string of the molecule is [CH]1Cc2cccnc2C1. The maximum absolute atomic E-state index is 4.23. The van der Waals surface area contributed by atoms with Crippen molar-refractivity contribution in [1.82, 2.24) is 4.98 Å². The Hall–Kier alpha value is -0.850. The molecule has 0 atom stereocenters. The minimum absolute atomic E-state index is 1.07. The Bertz CT molecular complexity index is 195. The Labute approximate surface area is 54.7 Å². The second-order valence-corrected chi connectivity index (χ2v) is 2.31. The summed E-state index contributed by atoms with van der Waals surface area (Å²) in [5, 5.41) is 0. The highest BCUT2D eigenvalue weighted by Gasteiger charge is 2.09. The highest BCUT2D eigenvalue weighted by atomic mass is 14.7. The van der Waals surface area contributed by atoms with E-state index in [2.05, 4.69) is 17.5 Å². The van der Waals surface area contributed by atoms with E-state index >= 15 is 0 Å². The molecule has 2 rings (SSSR count). The van der Waals surface area contributed by atoms with Crippen molar-refractivity contribution in [2.45, 2.75) is 12.8 Å². The third kappa shape index (κ3) is 0.727. The number of fused-ring (bicyclic) bond motifs is 1. The van der Waals surface area contributed by atoms with Crippen LogP contribution < -0.4 is 0 Å². The summed E-state index contributed by atoms with van der Waals surface area (Å²) in [7, 11) is 0. The van der Waals surface area contributed by atoms with Gasteiger partial charge in [0.1, 0.15) is 0 Å². The summed E-state index contributed by atoms with van der Waals surface area (Å²) >= 11 is 0. The molecule has 1 nitrogen and oxygen atoms in total. The molecule has 0 aliphatic heterocycles. The average molecular weight is 118 g/mol. The summed E-state index contributed by atoms with van der Waals surface area (Å²) in [5.74, 6) is 0.